The molecule has 3 N–H and O–H groups in total. The molecule has 2 amide bonds. The van der Waals surface area contributed by atoms with Gasteiger partial charge in [-0.3, -0.25) is 19.4 Å². The molecule has 2 fully saturated rings. The number of nitrogens with one attached hydrogen (secondary N) is 2. The Bertz CT molecular complexity index is 884. The van der Waals surface area contributed by atoms with E-state index < -0.39 is 11.9 Å². The summed E-state index contributed by atoms with van der Waals surface area (Å²) in [5.74, 6) is -1.56. The van der Waals surface area contributed by atoms with Crippen molar-refractivity contribution in [1.82, 2.24) is 20.5 Å². The van der Waals surface area contributed by atoms with Crippen LogP contribution in [0.25, 0.3) is 0 Å². The lowest BCUT2D eigenvalue weighted by molar-refractivity contribution is -0.137. The molecule has 3 rings (SSSR count). The Balaban J connectivity index is 0.000000625. The fraction of sp³-hybridized carbons (Fsp3) is 0.481. The van der Waals surface area contributed by atoms with Gasteiger partial charge >= 0.3 is 5.97 Å². The van der Waals surface area contributed by atoms with E-state index in [0.717, 1.165) is 50.8 Å². The van der Waals surface area contributed by atoms with Gasteiger partial charge in [-0.1, -0.05) is 30.4 Å². The number of hydrogen-bond acceptors (Lipinski definition) is 5. The molecule has 0 bridgehead atoms. The number of likely N-dealkylation sites (tertiary alicyclic amines) is 1. The Labute approximate surface area is 208 Å². The Morgan fingerprint density at radius 2 is 2.00 bits per heavy atom. The Morgan fingerprint density at radius 3 is 2.63 bits per heavy atom. The fourth-order valence-corrected chi connectivity index (χ4v) is 4.07. The molecule has 0 aromatic carbocycles. The van der Waals surface area contributed by atoms with Gasteiger partial charge in [-0.05, 0) is 63.2 Å². The summed E-state index contributed by atoms with van der Waals surface area (Å²) in [5.41, 5.74) is 3.53. The Morgan fingerprint density at radius 1 is 1.23 bits per heavy atom. The molecule has 1 aromatic heterocycles. The minimum absolute atomic E-state index is 0.0479. The normalized spacial score (nSPS) is 18.9. The fourth-order valence-electron chi connectivity index (χ4n) is 4.07. The van der Waals surface area contributed by atoms with Gasteiger partial charge in [-0.15, -0.1) is 0 Å². The van der Waals surface area contributed by atoms with Gasteiger partial charge in [0.05, 0.1) is 6.42 Å². The largest absolute Gasteiger partial charge is 0.481 e. The molecule has 0 spiro atoms. The Hall–Kier alpha value is -3.42. The highest BCUT2D eigenvalue weighted by molar-refractivity contribution is 5.97. The second-order valence-corrected chi connectivity index (χ2v) is 8.83. The molecule has 2 aliphatic rings. The standard InChI is InChI=1S/C22H33N3O4.C5H5N/c1-16(7-9-18-5-3-12-23-17(18)2)8-10-19-6-4-14-25(19)21(27)15-20(26)24-13-11-22(28)29;1-2-4-6-5-3-1/h7,9,19,23H,2-6,8,10-15H2,1H3,(H,24,26)(H,28,29);1-5H/b16-7+,18-9-;. The van der Waals surface area contributed by atoms with Gasteiger partial charge in [0, 0.05) is 43.8 Å². The number of carboxylic acids is 1. The molecule has 190 valence electrons. The van der Waals surface area contributed by atoms with Gasteiger partial charge in [0.2, 0.25) is 11.8 Å². The van der Waals surface area contributed by atoms with Crippen molar-refractivity contribution in [3.05, 3.63) is 66.2 Å². The number of nitrogens with zero attached hydrogens (tertiary/aromatic N) is 2. The van der Waals surface area contributed by atoms with Gasteiger partial charge in [0.15, 0.2) is 0 Å². The lowest BCUT2D eigenvalue weighted by Gasteiger charge is -2.25. The number of carbonyl (C=O) groups excluding carboxylic acids is 2. The molecule has 1 atom stereocenters. The summed E-state index contributed by atoms with van der Waals surface area (Å²) in [6, 6.07) is 5.88. The minimum Gasteiger partial charge on any atom is -0.481 e. The molecule has 0 radical (unpaired) electrons. The first-order chi connectivity index (χ1) is 16.9. The topological polar surface area (TPSA) is 112 Å². The number of carboxylic acid groups (broad SMARTS) is 1. The van der Waals surface area contributed by atoms with E-state index in [4.69, 9.17) is 5.11 Å². The number of hydrogen-bond donors (Lipinski definition) is 3. The van der Waals surface area contributed by atoms with Crippen molar-refractivity contribution < 1.29 is 19.5 Å². The van der Waals surface area contributed by atoms with Crippen molar-refractivity contribution in [2.45, 2.75) is 64.3 Å². The number of aliphatic carboxylic acids is 1. The first-order valence-electron chi connectivity index (χ1n) is 12.3. The van der Waals surface area contributed by atoms with Gasteiger partial charge < -0.3 is 20.6 Å². The number of aromatic nitrogens is 1. The van der Waals surface area contributed by atoms with Crippen molar-refractivity contribution in [2.24, 2.45) is 0 Å². The van der Waals surface area contributed by atoms with Crippen LogP contribution in [-0.2, 0) is 14.4 Å². The minimum atomic E-state index is -0.973. The number of allylic oxidation sites excluding steroid dienone is 4. The van der Waals surface area contributed by atoms with E-state index in [0.29, 0.717) is 6.54 Å². The van der Waals surface area contributed by atoms with Gasteiger partial charge in [-0.25, -0.2) is 0 Å². The van der Waals surface area contributed by atoms with Gasteiger partial charge in [0.25, 0.3) is 0 Å². The monoisotopic (exact) mass is 482 g/mol. The highest BCUT2D eigenvalue weighted by atomic mass is 16.4. The highest BCUT2D eigenvalue weighted by Gasteiger charge is 2.29. The van der Waals surface area contributed by atoms with E-state index in [1.807, 2.05) is 23.1 Å². The molecule has 1 unspecified atom stereocenters. The second-order valence-electron chi connectivity index (χ2n) is 8.83. The summed E-state index contributed by atoms with van der Waals surface area (Å²) in [6.45, 7) is 7.87. The molecule has 0 aliphatic carbocycles. The molecule has 8 heteroatoms. The van der Waals surface area contributed by atoms with E-state index in [-0.39, 0.29) is 31.3 Å². The molecular formula is C27H38N4O4. The van der Waals surface area contributed by atoms with E-state index in [1.54, 1.807) is 12.4 Å². The zero-order chi connectivity index (χ0) is 25.5. The smallest absolute Gasteiger partial charge is 0.305 e. The van der Waals surface area contributed by atoms with Crippen LogP contribution in [-0.4, -0.2) is 58.5 Å². The molecule has 3 heterocycles. The number of piperidine rings is 1. The molecule has 1 aromatic rings. The molecule has 35 heavy (non-hydrogen) atoms. The van der Waals surface area contributed by atoms with Crippen molar-refractivity contribution in [1.29, 1.82) is 0 Å². The molecule has 2 saturated heterocycles. The molecule has 0 saturated carbocycles. The number of amides is 2. The zero-order valence-corrected chi connectivity index (χ0v) is 20.7. The van der Waals surface area contributed by atoms with Crippen LogP contribution in [0.5, 0.6) is 0 Å². The van der Waals surface area contributed by atoms with E-state index in [1.165, 1.54) is 11.1 Å². The van der Waals surface area contributed by atoms with Crippen LogP contribution in [0.3, 0.4) is 0 Å². The lowest BCUT2D eigenvalue weighted by atomic mass is 10.0. The maximum Gasteiger partial charge on any atom is 0.305 e. The predicted molar refractivity (Wildman–Crippen MR) is 136 cm³/mol. The second kappa shape index (κ2) is 15.5. The van der Waals surface area contributed by atoms with Crippen molar-refractivity contribution in [2.75, 3.05) is 19.6 Å². The summed E-state index contributed by atoms with van der Waals surface area (Å²) < 4.78 is 0. The van der Waals surface area contributed by atoms with Crippen molar-refractivity contribution in [3.8, 4) is 0 Å². The number of rotatable bonds is 9. The van der Waals surface area contributed by atoms with Crippen LogP contribution in [0.2, 0.25) is 0 Å². The van der Waals surface area contributed by atoms with E-state index in [2.05, 4.69) is 41.3 Å². The van der Waals surface area contributed by atoms with E-state index >= 15 is 0 Å². The zero-order valence-electron chi connectivity index (χ0n) is 20.7. The number of pyridine rings is 1. The summed E-state index contributed by atoms with van der Waals surface area (Å²) in [6.07, 6.45) is 13.3. The third kappa shape index (κ3) is 11.0. The van der Waals surface area contributed by atoms with Crippen LogP contribution in [0, 0.1) is 0 Å². The first kappa shape index (κ1) is 27.8. The summed E-state index contributed by atoms with van der Waals surface area (Å²) in [7, 11) is 0. The maximum absolute atomic E-state index is 12.5. The van der Waals surface area contributed by atoms with Gasteiger partial charge in [0.1, 0.15) is 6.42 Å². The third-order valence-corrected chi connectivity index (χ3v) is 6.03. The van der Waals surface area contributed by atoms with Gasteiger partial charge in [-0.2, -0.15) is 0 Å². The van der Waals surface area contributed by atoms with Crippen LogP contribution in [0.4, 0.5) is 0 Å². The van der Waals surface area contributed by atoms with Crippen LogP contribution in [0.1, 0.15) is 58.3 Å². The average molecular weight is 483 g/mol. The first-order valence-corrected chi connectivity index (χ1v) is 12.3. The Kier molecular flexibility index (Phi) is 12.3. The number of carbonyl (C=O) groups is 3. The SMILES string of the molecule is C=C1NCCC/C1=C/C=C(\C)CCC1CCCN1C(=O)CC(=O)NCCC(=O)O.c1ccncc1. The van der Waals surface area contributed by atoms with Crippen LogP contribution in [0.15, 0.2) is 66.2 Å². The summed E-state index contributed by atoms with van der Waals surface area (Å²) in [4.78, 5) is 40.4. The van der Waals surface area contributed by atoms with E-state index in [9.17, 15) is 14.4 Å². The average Bonchev–Trinajstić information content (AvgIpc) is 3.32. The molecular weight excluding hydrogens is 444 g/mol. The lowest BCUT2D eigenvalue weighted by Crippen LogP contribution is -2.39. The third-order valence-electron chi connectivity index (χ3n) is 6.03. The maximum atomic E-state index is 12.5. The summed E-state index contributed by atoms with van der Waals surface area (Å²) in [5, 5.41) is 14.4. The molecule has 8 nitrogen and oxygen atoms in total. The van der Waals surface area contributed by atoms with Crippen molar-refractivity contribution >= 4 is 17.8 Å². The molecule has 2 aliphatic heterocycles. The van der Waals surface area contributed by atoms with Crippen LogP contribution >= 0.6 is 0 Å². The summed E-state index contributed by atoms with van der Waals surface area (Å²) >= 11 is 0. The predicted octanol–water partition coefficient (Wildman–Crippen LogP) is 3.59. The van der Waals surface area contributed by atoms with Crippen molar-refractivity contribution in [3.63, 3.8) is 0 Å². The van der Waals surface area contributed by atoms with Crippen LogP contribution < -0.4 is 10.6 Å². The quantitative estimate of drug-likeness (QED) is 0.464. The highest BCUT2D eigenvalue weighted by Crippen LogP contribution is 2.24.